The van der Waals surface area contributed by atoms with Crippen molar-refractivity contribution in [3.05, 3.63) is 23.2 Å². The van der Waals surface area contributed by atoms with Crippen molar-refractivity contribution in [2.45, 2.75) is 39.2 Å². The van der Waals surface area contributed by atoms with E-state index in [9.17, 15) is 9.59 Å². The van der Waals surface area contributed by atoms with Crippen molar-refractivity contribution in [3.63, 3.8) is 0 Å². The predicted octanol–water partition coefficient (Wildman–Crippen LogP) is 1.23. The van der Waals surface area contributed by atoms with Crippen LogP contribution in [0.5, 0.6) is 0 Å². The van der Waals surface area contributed by atoms with Gasteiger partial charge in [-0.3, -0.25) is 9.59 Å². The molecule has 0 spiro atoms. The zero-order chi connectivity index (χ0) is 16.4. The molecule has 23 heavy (non-hydrogen) atoms. The summed E-state index contributed by atoms with van der Waals surface area (Å²) in [7, 11) is 0. The van der Waals surface area contributed by atoms with Crippen molar-refractivity contribution in [1.29, 1.82) is 0 Å². The molecular weight excluding hydrogens is 294 g/mol. The van der Waals surface area contributed by atoms with E-state index in [2.05, 4.69) is 10.6 Å². The average Bonchev–Trinajstić information content (AvgIpc) is 3.17. The minimum Gasteiger partial charge on any atom is -0.466 e. The lowest BCUT2D eigenvalue weighted by atomic mass is 10.0. The van der Waals surface area contributed by atoms with Crippen LogP contribution in [0.25, 0.3) is 0 Å². The molecule has 1 aromatic rings. The SMILES string of the molecule is Cc1cc(C(=O)NC2CCN(C(=O)C3CCNC3)CC2)c(C)o1. The fourth-order valence-electron chi connectivity index (χ4n) is 3.49. The molecule has 2 saturated heterocycles. The lowest BCUT2D eigenvalue weighted by Crippen LogP contribution is -2.48. The normalized spacial score (nSPS) is 22.3. The molecule has 3 rings (SSSR count). The molecule has 1 aromatic heterocycles. The summed E-state index contributed by atoms with van der Waals surface area (Å²) in [5.74, 6) is 1.72. The highest BCUT2D eigenvalue weighted by atomic mass is 16.3. The summed E-state index contributed by atoms with van der Waals surface area (Å²) in [5.41, 5.74) is 0.609. The smallest absolute Gasteiger partial charge is 0.255 e. The van der Waals surface area contributed by atoms with Crippen molar-refractivity contribution in [1.82, 2.24) is 15.5 Å². The van der Waals surface area contributed by atoms with Gasteiger partial charge in [0.25, 0.3) is 5.91 Å². The van der Waals surface area contributed by atoms with E-state index >= 15 is 0 Å². The molecule has 1 unspecified atom stereocenters. The van der Waals surface area contributed by atoms with Crippen LogP contribution in [0.2, 0.25) is 0 Å². The third-order valence-corrected chi connectivity index (χ3v) is 4.84. The summed E-state index contributed by atoms with van der Waals surface area (Å²) < 4.78 is 5.41. The van der Waals surface area contributed by atoms with E-state index < -0.39 is 0 Å². The highest BCUT2D eigenvalue weighted by Crippen LogP contribution is 2.18. The molecule has 2 aliphatic rings. The Kier molecular flexibility index (Phi) is 4.71. The molecule has 2 amide bonds. The van der Waals surface area contributed by atoms with E-state index in [4.69, 9.17) is 4.42 Å². The Balaban J connectivity index is 1.50. The maximum atomic E-state index is 12.4. The molecule has 0 bridgehead atoms. The number of carbonyl (C=O) groups is 2. The predicted molar refractivity (Wildman–Crippen MR) is 86.2 cm³/mol. The van der Waals surface area contributed by atoms with Gasteiger partial charge in [0.05, 0.1) is 11.5 Å². The third-order valence-electron chi connectivity index (χ3n) is 4.84. The molecule has 6 heteroatoms. The van der Waals surface area contributed by atoms with Crippen molar-refractivity contribution in [3.8, 4) is 0 Å². The number of aryl methyl sites for hydroxylation is 2. The largest absolute Gasteiger partial charge is 0.466 e. The zero-order valence-electron chi connectivity index (χ0n) is 13.9. The van der Waals surface area contributed by atoms with Gasteiger partial charge in [0.2, 0.25) is 5.91 Å². The second-order valence-corrected chi connectivity index (χ2v) is 6.59. The van der Waals surface area contributed by atoms with Gasteiger partial charge in [0.1, 0.15) is 11.5 Å². The van der Waals surface area contributed by atoms with Crippen molar-refractivity contribution in [2.75, 3.05) is 26.2 Å². The zero-order valence-corrected chi connectivity index (χ0v) is 13.9. The Morgan fingerprint density at radius 2 is 2.00 bits per heavy atom. The molecule has 0 saturated carbocycles. The van der Waals surface area contributed by atoms with Gasteiger partial charge in [-0.1, -0.05) is 0 Å². The molecule has 2 aliphatic heterocycles. The number of amides is 2. The maximum Gasteiger partial charge on any atom is 0.255 e. The number of likely N-dealkylation sites (tertiary alicyclic amines) is 1. The number of piperidine rings is 1. The maximum absolute atomic E-state index is 12.4. The van der Waals surface area contributed by atoms with Crippen LogP contribution >= 0.6 is 0 Å². The van der Waals surface area contributed by atoms with Gasteiger partial charge < -0.3 is 20.0 Å². The van der Waals surface area contributed by atoms with E-state index in [1.54, 1.807) is 13.0 Å². The summed E-state index contributed by atoms with van der Waals surface area (Å²) in [6, 6.07) is 1.90. The van der Waals surface area contributed by atoms with Gasteiger partial charge >= 0.3 is 0 Å². The van der Waals surface area contributed by atoms with Gasteiger partial charge in [-0.05, 0) is 45.7 Å². The average molecular weight is 319 g/mol. The van der Waals surface area contributed by atoms with E-state index in [-0.39, 0.29) is 23.8 Å². The Hall–Kier alpha value is -1.82. The molecule has 126 valence electrons. The molecule has 0 radical (unpaired) electrons. The Morgan fingerprint density at radius 1 is 1.26 bits per heavy atom. The standard InChI is InChI=1S/C17H25N3O3/c1-11-9-15(12(2)23-11)16(21)19-14-4-7-20(8-5-14)17(22)13-3-6-18-10-13/h9,13-14,18H,3-8,10H2,1-2H3,(H,19,21). The molecule has 0 aliphatic carbocycles. The Bertz CT molecular complexity index is 582. The quantitative estimate of drug-likeness (QED) is 0.879. The molecular formula is C17H25N3O3. The van der Waals surface area contributed by atoms with Gasteiger partial charge in [-0.2, -0.15) is 0 Å². The van der Waals surface area contributed by atoms with Crippen LogP contribution in [-0.4, -0.2) is 48.9 Å². The fourth-order valence-corrected chi connectivity index (χ4v) is 3.49. The number of nitrogens with zero attached hydrogens (tertiary/aromatic N) is 1. The first kappa shape index (κ1) is 16.1. The molecule has 1 atom stereocenters. The number of carbonyl (C=O) groups excluding carboxylic acids is 2. The Morgan fingerprint density at radius 3 is 2.57 bits per heavy atom. The highest BCUT2D eigenvalue weighted by Gasteiger charge is 2.30. The number of hydrogen-bond donors (Lipinski definition) is 2. The first-order valence-corrected chi connectivity index (χ1v) is 8.42. The molecule has 3 heterocycles. The highest BCUT2D eigenvalue weighted by molar-refractivity contribution is 5.95. The third kappa shape index (κ3) is 3.58. The van der Waals surface area contributed by atoms with E-state index in [0.717, 1.165) is 51.2 Å². The van der Waals surface area contributed by atoms with Gasteiger partial charge in [0, 0.05) is 25.7 Å². The molecule has 2 fully saturated rings. The summed E-state index contributed by atoms with van der Waals surface area (Å²) in [5, 5.41) is 6.31. The fraction of sp³-hybridized carbons (Fsp3) is 0.647. The summed E-state index contributed by atoms with van der Waals surface area (Å²) in [4.78, 5) is 26.6. The summed E-state index contributed by atoms with van der Waals surface area (Å²) in [6.07, 6.45) is 2.57. The van der Waals surface area contributed by atoms with Gasteiger partial charge in [-0.15, -0.1) is 0 Å². The van der Waals surface area contributed by atoms with Crippen LogP contribution in [0.1, 0.15) is 41.1 Å². The minimum atomic E-state index is -0.0795. The minimum absolute atomic E-state index is 0.0795. The molecule has 6 nitrogen and oxygen atoms in total. The number of rotatable bonds is 3. The van der Waals surface area contributed by atoms with Crippen LogP contribution < -0.4 is 10.6 Å². The van der Waals surface area contributed by atoms with Crippen molar-refractivity contribution in [2.24, 2.45) is 5.92 Å². The molecule has 0 aromatic carbocycles. The van der Waals surface area contributed by atoms with E-state index in [1.165, 1.54) is 0 Å². The van der Waals surface area contributed by atoms with Crippen molar-refractivity contribution >= 4 is 11.8 Å². The van der Waals surface area contributed by atoms with Crippen LogP contribution in [0.4, 0.5) is 0 Å². The van der Waals surface area contributed by atoms with Crippen LogP contribution in [0.15, 0.2) is 10.5 Å². The van der Waals surface area contributed by atoms with Crippen LogP contribution in [-0.2, 0) is 4.79 Å². The second-order valence-electron chi connectivity index (χ2n) is 6.59. The first-order valence-electron chi connectivity index (χ1n) is 8.42. The second kappa shape index (κ2) is 6.74. The monoisotopic (exact) mass is 319 g/mol. The van der Waals surface area contributed by atoms with E-state index in [0.29, 0.717) is 11.3 Å². The van der Waals surface area contributed by atoms with Gasteiger partial charge in [-0.25, -0.2) is 0 Å². The van der Waals surface area contributed by atoms with E-state index in [1.807, 2.05) is 11.8 Å². The molecule has 2 N–H and O–H groups in total. The topological polar surface area (TPSA) is 74.6 Å². The number of furan rings is 1. The van der Waals surface area contributed by atoms with Crippen LogP contribution in [0, 0.1) is 19.8 Å². The number of hydrogen-bond acceptors (Lipinski definition) is 4. The first-order chi connectivity index (χ1) is 11.0. The summed E-state index contributed by atoms with van der Waals surface area (Å²) >= 11 is 0. The van der Waals surface area contributed by atoms with Crippen molar-refractivity contribution < 1.29 is 14.0 Å². The van der Waals surface area contributed by atoms with Gasteiger partial charge in [0.15, 0.2) is 0 Å². The summed E-state index contributed by atoms with van der Waals surface area (Å²) in [6.45, 7) is 6.83. The Labute approximate surface area is 136 Å². The lowest BCUT2D eigenvalue weighted by Gasteiger charge is -2.33. The number of nitrogens with one attached hydrogen (secondary N) is 2. The lowest BCUT2D eigenvalue weighted by molar-refractivity contribution is -0.136. The van der Waals surface area contributed by atoms with Crippen LogP contribution in [0.3, 0.4) is 0 Å².